The number of benzene rings is 3. The van der Waals surface area contributed by atoms with Crippen LogP contribution in [0.15, 0.2) is 66.7 Å². The van der Waals surface area contributed by atoms with E-state index in [1.165, 1.54) is 12.1 Å². The normalized spacial score (nSPS) is 17.0. The number of nitrogens with zero attached hydrogens (tertiary/aromatic N) is 1. The number of hydrogen-bond acceptors (Lipinski definition) is 2. The minimum Gasteiger partial charge on any atom is -0.308 e. The standard InChI is InChI=1S/C20H17FN2OS/c21-16-10-8-15(9-11-16)19-23(12-13-25-19)20(24)22-18-7-3-5-14-4-1-2-6-17(14)18/h1-11,19H,12-13H2,(H,22,24)/t19-/m0/s1. The van der Waals surface area contributed by atoms with Gasteiger partial charge in [0.25, 0.3) is 0 Å². The number of amides is 2. The van der Waals surface area contributed by atoms with Crippen LogP contribution in [0.3, 0.4) is 0 Å². The van der Waals surface area contributed by atoms with E-state index >= 15 is 0 Å². The highest BCUT2D eigenvalue weighted by Gasteiger charge is 2.30. The number of thioether (sulfide) groups is 1. The lowest BCUT2D eigenvalue weighted by Crippen LogP contribution is -2.34. The minimum absolute atomic E-state index is 0.0874. The third-order valence-corrected chi connectivity index (χ3v) is 5.60. The molecule has 0 spiro atoms. The zero-order valence-electron chi connectivity index (χ0n) is 13.5. The maximum atomic E-state index is 13.2. The molecule has 3 nitrogen and oxygen atoms in total. The fraction of sp³-hybridized carbons (Fsp3) is 0.150. The fourth-order valence-corrected chi connectivity index (χ4v) is 4.36. The van der Waals surface area contributed by atoms with Crippen molar-refractivity contribution in [3.05, 3.63) is 78.1 Å². The van der Waals surface area contributed by atoms with Crippen LogP contribution in [0.4, 0.5) is 14.9 Å². The van der Waals surface area contributed by atoms with Gasteiger partial charge in [0.05, 0.1) is 5.69 Å². The van der Waals surface area contributed by atoms with Crippen molar-refractivity contribution in [1.29, 1.82) is 0 Å². The molecule has 5 heteroatoms. The van der Waals surface area contributed by atoms with E-state index in [0.29, 0.717) is 6.54 Å². The predicted octanol–water partition coefficient (Wildman–Crippen LogP) is 5.26. The lowest BCUT2D eigenvalue weighted by molar-refractivity contribution is 0.214. The van der Waals surface area contributed by atoms with Crippen LogP contribution in [0, 0.1) is 5.82 Å². The summed E-state index contributed by atoms with van der Waals surface area (Å²) in [4.78, 5) is 14.6. The van der Waals surface area contributed by atoms with Crippen LogP contribution in [-0.2, 0) is 0 Å². The van der Waals surface area contributed by atoms with Gasteiger partial charge in [-0.25, -0.2) is 9.18 Å². The average Bonchev–Trinajstić information content (AvgIpc) is 3.12. The van der Waals surface area contributed by atoms with E-state index in [2.05, 4.69) is 5.32 Å². The lowest BCUT2D eigenvalue weighted by Gasteiger charge is -2.24. The van der Waals surface area contributed by atoms with E-state index in [1.54, 1.807) is 28.8 Å². The predicted molar refractivity (Wildman–Crippen MR) is 101 cm³/mol. The molecule has 1 saturated heterocycles. The summed E-state index contributed by atoms with van der Waals surface area (Å²) in [5.74, 6) is 0.601. The van der Waals surface area contributed by atoms with E-state index in [1.807, 2.05) is 42.5 Å². The lowest BCUT2D eigenvalue weighted by atomic mass is 10.1. The quantitative estimate of drug-likeness (QED) is 0.682. The smallest absolute Gasteiger partial charge is 0.308 e. The molecule has 1 aliphatic heterocycles. The molecule has 4 rings (SSSR count). The summed E-state index contributed by atoms with van der Waals surface area (Å²) in [6.45, 7) is 0.670. The highest BCUT2D eigenvalue weighted by Crippen LogP contribution is 2.38. The van der Waals surface area contributed by atoms with Gasteiger partial charge in [-0.15, -0.1) is 11.8 Å². The Balaban J connectivity index is 1.58. The van der Waals surface area contributed by atoms with Crippen molar-refractivity contribution in [3.63, 3.8) is 0 Å². The molecular formula is C20H17FN2OS. The second kappa shape index (κ2) is 6.76. The summed E-state index contributed by atoms with van der Waals surface area (Å²) in [6.07, 6.45) is 0. The highest BCUT2D eigenvalue weighted by molar-refractivity contribution is 7.99. The number of halogens is 1. The summed E-state index contributed by atoms with van der Waals surface area (Å²) >= 11 is 1.69. The Morgan fingerprint density at radius 2 is 1.80 bits per heavy atom. The van der Waals surface area contributed by atoms with Gasteiger partial charge < -0.3 is 10.2 Å². The first-order valence-corrected chi connectivity index (χ1v) is 9.20. The SMILES string of the molecule is O=C(Nc1cccc2ccccc12)N1CCS[C@H]1c1ccc(F)cc1. The Bertz CT molecular complexity index is 908. The highest BCUT2D eigenvalue weighted by atomic mass is 32.2. The fourth-order valence-electron chi connectivity index (χ4n) is 3.10. The number of fused-ring (bicyclic) bond motifs is 1. The van der Waals surface area contributed by atoms with Crippen molar-refractivity contribution in [1.82, 2.24) is 4.90 Å². The van der Waals surface area contributed by atoms with Crippen molar-refractivity contribution in [2.45, 2.75) is 5.37 Å². The summed E-state index contributed by atoms with van der Waals surface area (Å²) < 4.78 is 13.2. The van der Waals surface area contributed by atoms with Crippen LogP contribution in [0.2, 0.25) is 0 Å². The zero-order chi connectivity index (χ0) is 17.2. The molecule has 0 bridgehead atoms. The number of carbonyl (C=O) groups excluding carboxylic acids is 1. The van der Waals surface area contributed by atoms with Crippen LogP contribution < -0.4 is 5.32 Å². The number of anilines is 1. The molecule has 0 aromatic heterocycles. The van der Waals surface area contributed by atoms with Crippen LogP contribution in [0.1, 0.15) is 10.9 Å². The van der Waals surface area contributed by atoms with Gasteiger partial charge in [0.1, 0.15) is 11.2 Å². The third kappa shape index (κ3) is 3.20. The molecule has 126 valence electrons. The number of urea groups is 1. The van der Waals surface area contributed by atoms with E-state index in [9.17, 15) is 9.18 Å². The first kappa shape index (κ1) is 16.0. The van der Waals surface area contributed by atoms with Crippen molar-refractivity contribution < 1.29 is 9.18 Å². The van der Waals surface area contributed by atoms with Gasteiger partial charge >= 0.3 is 6.03 Å². The molecule has 25 heavy (non-hydrogen) atoms. The Morgan fingerprint density at radius 3 is 2.64 bits per heavy atom. The first-order chi connectivity index (χ1) is 12.2. The number of hydrogen-bond donors (Lipinski definition) is 1. The maximum Gasteiger partial charge on any atom is 0.323 e. The molecule has 0 unspecified atom stereocenters. The molecule has 0 saturated carbocycles. The van der Waals surface area contributed by atoms with Crippen molar-refractivity contribution in [3.8, 4) is 0 Å². The van der Waals surface area contributed by atoms with Gasteiger partial charge in [0.15, 0.2) is 0 Å². The van der Waals surface area contributed by atoms with E-state index in [-0.39, 0.29) is 17.2 Å². The second-order valence-corrected chi connectivity index (χ2v) is 7.11. The van der Waals surface area contributed by atoms with Crippen molar-refractivity contribution in [2.75, 3.05) is 17.6 Å². The zero-order valence-corrected chi connectivity index (χ0v) is 14.3. The molecule has 0 radical (unpaired) electrons. The molecule has 1 heterocycles. The molecule has 1 atom stereocenters. The number of nitrogens with one attached hydrogen (secondary N) is 1. The van der Waals surface area contributed by atoms with Crippen molar-refractivity contribution in [2.24, 2.45) is 0 Å². The molecule has 3 aromatic rings. The molecule has 2 amide bonds. The third-order valence-electron chi connectivity index (χ3n) is 4.34. The molecule has 3 aromatic carbocycles. The topological polar surface area (TPSA) is 32.3 Å². The maximum absolute atomic E-state index is 13.2. The Hall–Kier alpha value is -2.53. The number of carbonyl (C=O) groups is 1. The Morgan fingerprint density at radius 1 is 1.04 bits per heavy atom. The largest absolute Gasteiger partial charge is 0.323 e. The average molecular weight is 352 g/mol. The second-order valence-electron chi connectivity index (χ2n) is 5.92. The van der Waals surface area contributed by atoms with Gasteiger partial charge in [0.2, 0.25) is 0 Å². The van der Waals surface area contributed by atoms with Gasteiger partial charge in [0, 0.05) is 17.7 Å². The van der Waals surface area contributed by atoms with E-state index < -0.39 is 0 Å². The van der Waals surface area contributed by atoms with Gasteiger partial charge in [-0.05, 0) is 29.1 Å². The number of rotatable bonds is 2. The van der Waals surface area contributed by atoms with Gasteiger partial charge in [-0.1, -0.05) is 48.5 Å². The summed E-state index contributed by atoms with van der Waals surface area (Å²) in [5.41, 5.74) is 1.75. The monoisotopic (exact) mass is 352 g/mol. The van der Waals surface area contributed by atoms with Crippen molar-refractivity contribution >= 4 is 34.3 Å². The van der Waals surface area contributed by atoms with Gasteiger partial charge in [-0.2, -0.15) is 0 Å². The first-order valence-electron chi connectivity index (χ1n) is 8.15. The molecule has 1 N–H and O–H groups in total. The Labute approximate surface area is 149 Å². The molecule has 1 aliphatic rings. The summed E-state index contributed by atoms with van der Waals surface area (Å²) in [7, 11) is 0. The van der Waals surface area contributed by atoms with Crippen LogP contribution >= 0.6 is 11.8 Å². The van der Waals surface area contributed by atoms with Crippen LogP contribution in [0.25, 0.3) is 10.8 Å². The summed E-state index contributed by atoms with van der Waals surface area (Å²) in [5, 5.41) is 5.06. The van der Waals surface area contributed by atoms with Gasteiger partial charge in [-0.3, -0.25) is 0 Å². The molecule has 0 aliphatic carbocycles. The molecular weight excluding hydrogens is 335 g/mol. The van der Waals surface area contributed by atoms with Crippen LogP contribution in [0.5, 0.6) is 0 Å². The molecule has 1 fully saturated rings. The minimum atomic E-state index is -0.265. The van der Waals surface area contributed by atoms with Crippen LogP contribution in [-0.4, -0.2) is 23.2 Å². The Kier molecular flexibility index (Phi) is 4.32. The summed E-state index contributed by atoms with van der Waals surface area (Å²) in [6, 6.07) is 20.1. The van der Waals surface area contributed by atoms with E-state index in [4.69, 9.17) is 0 Å². The van der Waals surface area contributed by atoms with E-state index in [0.717, 1.165) is 27.8 Å².